The van der Waals surface area contributed by atoms with Crippen LogP contribution in [0.5, 0.6) is 0 Å². The Kier molecular flexibility index (Phi) is 3.84. The molecule has 0 bridgehead atoms. The van der Waals surface area contributed by atoms with Crippen LogP contribution in [0, 0.1) is 0 Å². The van der Waals surface area contributed by atoms with Crippen molar-refractivity contribution in [2.24, 2.45) is 0 Å². The van der Waals surface area contributed by atoms with Crippen molar-refractivity contribution in [1.82, 2.24) is 24.8 Å². The van der Waals surface area contributed by atoms with Crippen molar-refractivity contribution in [3.8, 4) is 10.6 Å². The minimum absolute atomic E-state index is 0.651. The lowest BCUT2D eigenvalue weighted by molar-refractivity contribution is 0.854. The van der Waals surface area contributed by atoms with Crippen molar-refractivity contribution < 1.29 is 0 Å². The highest BCUT2D eigenvalue weighted by molar-refractivity contribution is 9.10. The van der Waals surface area contributed by atoms with E-state index in [-0.39, 0.29) is 0 Å². The highest BCUT2D eigenvalue weighted by atomic mass is 79.9. The van der Waals surface area contributed by atoms with E-state index in [0.717, 1.165) is 36.4 Å². The van der Waals surface area contributed by atoms with Gasteiger partial charge in [0, 0.05) is 33.9 Å². The van der Waals surface area contributed by atoms with Crippen LogP contribution in [0.3, 0.4) is 0 Å². The second-order valence-corrected chi connectivity index (χ2v) is 7.22. The molecule has 4 rings (SSSR count). The third-order valence-corrected chi connectivity index (χ3v) is 4.92. The average molecular weight is 407 g/mol. The Hall–Kier alpha value is -1.83. The number of rotatable bonds is 3. The largest absolute Gasteiger partial charge is 0.263 e. The number of hydrogen-bond acceptors (Lipinski definition) is 5. The van der Waals surface area contributed by atoms with E-state index < -0.39 is 0 Å². The number of nitrogens with zero attached hydrogens (tertiary/aromatic N) is 5. The van der Waals surface area contributed by atoms with Gasteiger partial charge in [-0.15, -0.1) is 10.2 Å². The molecular formula is C15H9BrClN5S. The summed E-state index contributed by atoms with van der Waals surface area (Å²) in [6.45, 7) is 0. The van der Waals surface area contributed by atoms with Gasteiger partial charge >= 0.3 is 0 Å². The lowest BCUT2D eigenvalue weighted by atomic mass is 10.1. The average Bonchev–Trinajstić information content (AvgIpc) is 3.11. The molecule has 0 aliphatic heterocycles. The molecule has 23 heavy (non-hydrogen) atoms. The molecule has 0 radical (unpaired) electrons. The Labute approximate surface area is 149 Å². The van der Waals surface area contributed by atoms with E-state index in [2.05, 4.69) is 36.2 Å². The predicted molar refractivity (Wildman–Crippen MR) is 93.8 cm³/mol. The molecule has 3 aromatic heterocycles. The first kappa shape index (κ1) is 14.7. The molecule has 0 amide bonds. The van der Waals surface area contributed by atoms with Gasteiger partial charge in [-0.2, -0.15) is 9.61 Å². The Morgan fingerprint density at radius 2 is 1.96 bits per heavy atom. The fourth-order valence-electron chi connectivity index (χ4n) is 2.20. The third-order valence-electron chi connectivity index (χ3n) is 3.28. The quantitative estimate of drug-likeness (QED) is 0.510. The Bertz CT molecular complexity index is 979. The van der Waals surface area contributed by atoms with Crippen LogP contribution >= 0.6 is 38.9 Å². The highest BCUT2D eigenvalue weighted by Gasteiger charge is 2.13. The topological polar surface area (TPSA) is 56.0 Å². The summed E-state index contributed by atoms with van der Waals surface area (Å²) in [4.78, 5) is 4.94. The van der Waals surface area contributed by atoms with Crippen LogP contribution in [0.4, 0.5) is 0 Å². The van der Waals surface area contributed by atoms with Crippen molar-refractivity contribution in [1.29, 1.82) is 0 Å². The third kappa shape index (κ3) is 2.99. The normalized spacial score (nSPS) is 11.2. The van der Waals surface area contributed by atoms with Crippen molar-refractivity contribution in [3.05, 3.63) is 63.6 Å². The summed E-state index contributed by atoms with van der Waals surface area (Å²) in [7, 11) is 0. The van der Waals surface area contributed by atoms with Crippen LogP contribution in [0.2, 0.25) is 5.02 Å². The van der Waals surface area contributed by atoms with Gasteiger partial charge < -0.3 is 0 Å². The van der Waals surface area contributed by atoms with Gasteiger partial charge in [0.1, 0.15) is 5.01 Å². The first-order valence-corrected chi connectivity index (χ1v) is 8.74. The Morgan fingerprint density at radius 1 is 1.13 bits per heavy atom. The van der Waals surface area contributed by atoms with Gasteiger partial charge in [0.15, 0.2) is 5.82 Å². The molecule has 114 valence electrons. The van der Waals surface area contributed by atoms with Gasteiger partial charge in [-0.1, -0.05) is 35.1 Å². The number of pyridine rings is 1. The molecule has 0 spiro atoms. The second-order valence-electron chi connectivity index (χ2n) is 4.91. The maximum atomic E-state index is 5.92. The molecule has 0 fully saturated rings. The number of hydrogen-bond donors (Lipinski definition) is 0. The summed E-state index contributed by atoms with van der Waals surface area (Å²) < 4.78 is 2.71. The number of benzene rings is 1. The molecular weight excluding hydrogens is 398 g/mol. The zero-order chi connectivity index (χ0) is 15.8. The zero-order valence-corrected chi connectivity index (χ0v) is 14.8. The molecule has 0 saturated carbocycles. The fraction of sp³-hybridized carbons (Fsp3) is 0.0667. The van der Waals surface area contributed by atoms with E-state index in [1.54, 1.807) is 16.9 Å². The summed E-state index contributed by atoms with van der Waals surface area (Å²) in [6.07, 6.45) is 4.18. The van der Waals surface area contributed by atoms with E-state index in [1.807, 2.05) is 30.3 Å². The first-order valence-electron chi connectivity index (χ1n) is 6.75. The van der Waals surface area contributed by atoms with Crippen LogP contribution in [0.1, 0.15) is 11.4 Å². The zero-order valence-electron chi connectivity index (χ0n) is 11.6. The SMILES string of the molecule is Clc1ccc(Cc2nnc3sc(-c4cncc(Br)c4)nn23)cc1. The van der Waals surface area contributed by atoms with E-state index >= 15 is 0 Å². The van der Waals surface area contributed by atoms with Crippen LogP contribution in [0.25, 0.3) is 15.5 Å². The van der Waals surface area contributed by atoms with Gasteiger partial charge in [-0.3, -0.25) is 4.98 Å². The molecule has 4 aromatic rings. The van der Waals surface area contributed by atoms with Crippen molar-refractivity contribution >= 4 is 43.8 Å². The lowest BCUT2D eigenvalue weighted by Gasteiger charge is -1.99. The van der Waals surface area contributed by atoms with Crippen LogP contribution < -0.4 is 0 Å². The van der Waals surface area contributed by atoms with Crippen molar-refractivity contribution in [2.45, 2.75) is 6.42 Å². The highest BCUT2D eigenvalue weighted by Crippen LogP contribution is 2.27. The summed E-state index contributed by atoms with van der Waals surface area (Å²) in [5.74, 6) is 0.799. The lowest BCUT2D eigenvalue weighted by Crippen LogP contribution is -1.97. The Balaban J connectivity index is 1.70. The van der Waals surface area contributed by atoms with Gasteiger partial charge in [0.25, 0.3) is 0 Å². The van der Waals surface area contributed by atoms with E-state index in [9.17, 15) is 0 Å². The molecule has 0 N–H and O–H groups in total. The standard InChI is InChI=1S/C15H9BrClN5S/c16-11-6-10(7-18-8-11)14-21-22-13(19-20-15(22)23-14)5-9-1-3-12(17)4-2-9/h1-4,6-8H,5H2. The molecule has 0 atom stereocenters. The summed E-state index contributed by atoms with van der Waals surface area (Å²) in [5.41, 5.74) is 2.06. The smallest absolute Gasteiger partial charge is 0.234 e. The number of aromatic nitrogens is 5. The molecule has 0 unspecified atom stereocenters. The fourth-order valence-corrected chi connectivity index (χ4v) is 3.53. The van der Waals surface area contributed by atoms with Crippen LogP contribution in [0.15, 0.2) is 47.2 Å². The molecule has 5 nitrogen and oxygen atoms in total. The Morgan fingerprint density at radius 3 is 2.74 bits per heavy atom. The molecule has 8 heteroatoms. The second kappa shape index (κ2) is 5.99. The minimum Gasteiger partial charge on any atom is -0.263 e. The minimum atomic E-state index is 0.651. The van der Waals surface area contributed by atoms with Gasteiger partial charge in [-0.05, 0) is 39.7 Å². The van der Waals surface area contributed by atoms with Crippen molar-refractivity contribution in [2.75, 3.05) is 0 Å². The summed E-state index contributed by atoms with van der Waals surface area (Å²) in [6, 6.07) is 9.69. The van der Waals surface area contributed by atoms with Gasteiger partial charge in [0.2, 0.25) is 4.96 Å². The van der Waals surface area contributed by atoms with E-state index in [4.69, 9.17) is 11.6 Å². The summed E-state index contributed by atoms with van der Waals surface area (Å²) in [5, 5.41) is 14.6. The van der Waals surface area contributed by atoms with Gasteiger partial charge in [-0.25, -0.2) is 0 Å². The van der Waals surface area contributed by atoms with E-state index in [0.29, 0.717) is 6.42 Å². The monoisotopic (exact) mass is 405 g/mol. The number of halogens is 2. The molecule has 1 aromatic carbocycles. The number of fused-ring (bicyclic) bond motifs is 1. The predicted octanol–water partition coefficient (Wildman–Crippen LogP) is 4.25. The summed E-state index contributed by atoms with van der Waals surface area (Å²) >= 11 is 10.8. The van der Waals surface area contributed by atoms with Crippen molar-refractivity contribution in [3.63, 3.8) is 0 Å². The molecule has 0 aliphatic rings. The van der Waals surface area contributed by atoms with Crippen LogP contribution in [-0.2, 0) is 6.42 Å². The van der Waals surface area contributed by atoms with Crippen LogP contribution in [-0.4, -0.2) is 24.8 Å². The maximum absolute atomic E-state index is 5.92. The first-order chi connectivity index (χ1) is 11.2. The molecule has 0 saturated heterocycles. The molecule has 0 aliphatic carbocycles. The molecule has 3 heterocycles. The van der Waals surface area contributed by atoms with E-state index in [1.165, 1.54) is 11.3 Å². The maximum Gasteiger partial charge on any atom is 0.234 e. The van der Waals surface area contributed by atoms with Gasteiger partial charge in [0.05, 0.1) is 0 Å².